The van der Waals surface area contributed by atoms with E-state index in [4.69, 9.17) is 24.0 Å². The van der Waals surface area contributed by atoms with E-state index in [1.807, 2.05) is 6.08 Å². The molecule has 1 aliphatic rings. The van der Waals surface area contributed by atoms with Gasteiger partial charge in [0.2, 0.25) is 0 Å². The Labute approximate surface area is 278 Å². The highest BCUT2D eigenvalue weighted by molar-refractivity contribution is 7.46. The van der Waals surface area contributed by atoms with Crippen molar-refractivity contribution in [2.75, 3.05) is 13.2 Å². The van der Waals surface area contributed by atoms with Crippen LogP contribution in [0.3, 0.4) is 0 Å². The number of ether oxygens (including phenoxy) is 3. The first-order valence-electron chi connectivity index (χ1n) is 17.9. The molecule has 0 aromatic rings. The Morgan fingerprint density at radius 2 is 1.26 bits per heavy atom. The van der Waals surface area contributed by atoms with Gasteiger partial charge < -0.3 is 24.0 Å². The van der Waals surface area contributed by atoms with Gasteiger partial charge in [-0.25, -0.2) is 4.57 Å². The summed E-state index contributed by atoms with van der Waals surface area (Å²) in [5.41, 5.74) is 0. The van der Waals surface area contributed by atoms with Crippen molar-refractivity contribution in [2.24, 2.45) is 0 Å². The second kappa shape index (κ2) is 28.3. The maximum atomic E-state index is 12.3. The number of carbonyl (C=O) groups excluding carboxylic acids is 2. The average molecular weight is 671 g/mol. The molecule has 0 spiro atoms. The van der Waals surface area contributed by atoms with Crippen LogP contribution in [0.25, 0.3) is 0 Å². The average Bonchev–Trinajstić information content (AvgIpc) is 3.77. The molecule has 266 valence electrons. The van der Waals surface area contributed by atoms with Crippen LogP contribution in [0.15, 0.2) is 36.5 Å². The van der Waals surface area contributed by atoms with E-state index in [-0.39, 0.29) is 19.4 Å². The number of hydrogen-bond acceptors (Lipinski definition) is 7. The molecule has 10 heteroatoms. The van der Waals surface area contributed by atoms with Crippen molar-refractivity contribution in [1.82, 2.24) is 0 Å². The summed E-state index contributed by atoms with van der Waals surface area (Å²) in [7, 11) is -4.76. The molecule has 1 rings (SSSR count). The molecule has 2 N–H and O–H groups in total. The monoisotopic (exact) mass is 670 g/mol. The molecule has 1 aliphatic heterocycles. The number of carbonyl (C=O) groups is 2. The summed E-state index contributed by atoms with van der Waals surface area (Å²) in [5, 5.41) is 0. The fourth-order valence-electron chi connectivity index (χ4n) is 5.05. The minimum absolute atomic E-state index is 0.133. The number of esters is 2. The van der Waals surface area contributed by atoms with Gasteiger partial charge in [-0.3, -0.25) is 14.1 Å². The molecule has 0 radical (unpaired) electrons. The summed E-state index contributed by atoms with van der Waals surface area (Å²) >= 11 is 0. The highest BCUT2D eigenvalue weighted by Crippen LogP contribution is 2.36. The van der Waals surface area contributed by atoms with Crippen LogP contribution >= 0.6 is 7.82 Å². The number of phosphoric acid groups is 1. The van der Waals surface area contributed by atoms with Crippen LogP contribution in [0.1, 0.15) is 149 Å². The molecule has 0 amide bonds. The Morgan fingerprint density at radius 3 is 1.91 bits per heavy atom. The lowest BCUT2D eigenvalue weighted by atomic mass is 10.1. The molecule has 2 unspecified atom stereocenters. The zero-order valence-electron chi connectivity index (χ0n) is 28.7. The van der Waals surface area contributed by atoms with Crippen molar-refractivity contribution in [3.8, 4) is 0 Å². The summed E-state index contributed by atoms with van der Waals surface area (Å²) in [4.78, 5) is 42.5. The zero-order chi connectivity index (χ0) is 33.7. The van der Waals surface area contributed by atoms with Gasteiger partial charge in [0.25, 0.3) is 0 Å². The Morgan fingerprint density at radius 1 is 0.696 bits per heavy atom. The van der Waals surface area contributed by atoms with Crippen molar-refractivity contribution >= 4 is 19.8 Å². The molecule has 9 nitrogen and oxygen atoms in total. The first-order valence-corrected chi connectivity index (χ1v) is 19.4. The lowest BCUT2D eigenvalue weighted by Crippen LogP contribution is -2.29. The van der Waals surface area contributed by atoms with Gasteiger partial charge in [-0.15, -0.1) is 0 Å². The highest BCUT2D eigenvalue weighted by Gasteiger charge is 2.36. The van der Waals surface area contributed by atoms with Gasteiger partial charge in [-0.05, 0) is 44.9 Å². The van der Waals surface area contributed by atoms with Gasteiger partial charge in [0.1, 0.15) is 6.61 Å². The van der Waals surface area contributed by atoms with E-state index in [9.17, 15) is 14.2 Å². The largest absolute Gasteiger partial charge is 0.469 e. The van der Waals surface area contributed by atoms with Gasteiger partial charge in [0, 0.05) is 12.8 Å². The molecule has 1 fully saturated rings. The van der Waals surface area contributed by atoms with Crippen molar-refractivity contribution in [3.05, 3.63) is 36.5 Å². The van der Waals surface area contributed by atoms with Crippen LogP contribution in [0.5, 0.6) is 0 Å². The molecular weight excluding hydrogens is 607 g/mol. The number of allylic oxidation sites excluding steroid dienone is 5. The van der Waals surface area contributed by atoms with Gasteiger partial charge >= 0.3 is 19.8 Å². The summed E-state index contributed by atoms with van der Waals surface area (Å²) < 4.78 is 31.9. The summed E-state index contributed by atoms with van der Waals surface area (Å²) in [6.45, 7) is 3.57. The number of unbranched alkanes of at least 4 members (excludes halogenated alkanes) is 12. The fourth-order valence-corrected chi connectivity index (χ4v) is 5.41. The Balaban J connectivity index is 2.15. The topological polar surface area (TPSA) is 132 Å². The van der Waals surface area contributed by atoms with Crippen LogP contribution in [0, 0.1) is 0 Å². The summed E-state index contributed by atoms with van der Waals surface area (Å²) in [5.74, 6) is -0.958. The molecule has 0 bridgehead atoms. The lowest BCUT2D eigenvalue weighted by Gasteiger charge is -2.18. The van der Waals surface area contributed by atoms with Crippen LogP contribution in [0.4, 0.5) is 0 Å². The quantitative estimate of drug-likeness (QED) is 0.0244. The minimum atomic E-state index is -4.76. The summed E-state index contributed by atoms with van der Waals surface area (Å²) in [6.07, 6.45) is 33.4. The Bertz CT molecular complexity index is 911. The predicted molar refractivity (Wildman–Crippen MR) is 183 cm³/mol. The van der Waals surface area contributed by atoms with Crippen molar-refractivity contribution in [2.45, 2.75) is 167 Å². The smallest absolute Gasteiger partial charge is 0.462 e. The standard InChI is InChI=1S/C36H63O9P/c1-3-5-7-8-9-10-14-17-20-24-28-35(37)42-30-32(31-43-46(39,40)41)44-36(38)29-25-21-18-15-12-11-13-16-19-23-27-34-33(45-34)26-22-6-4-2/h11,13,15,18-19,23,32-34H,3-10,12,14,16-17,20-22,24-31H2,1-2H3,(H2,39,40,41)/b13-11-,18-15-,23-19-/t32-,33?,34?/m1/s1. The molecule has 3 atom stereocenters. The van der Waals surface area contributed by atoms with Crippen molar-refractivity contribution in [3.63, 3.8) is 0 Å². The molecule has 0 aromatic heterocycles. The highest BCUT2D eigenvalue weighted by atomic mass is 31.2. The molecule has 0 aromatic carbocycles. The van der Waals surface area contributed by atoms with Gasteiger partial charge in [-0.2, -0.15) is 0 Å². The molecule has 0 aliphatic carbocycles. The third-order valence-electron chi connectivity index (χ3n) is 7.84. The number of epoxide rings is 1. The molecule has 1 heterocycles. The van der Waals surface area contributed by atoms with E-state index < -0.39 is 32.5 Å². The fraction of sp³-hybridized carbons (Fsp3) is 0.778. The maximum Gasteiger partial charge on any atom is 0.469 e. The second-order valence-corrected chi connectivity index (χ2v) is 13.5. The van der Waals surface area contributed by atoms with Gasteiger partial charge in [0.15, 0.2) is 6.10 Å². The predicted octanol–water partition coefficient (Wildman–Crippen LogP) is 9.22. The second-order valence-electron chi connectivity index (χ2n) is 12.2. The van der Waals surface area contributed by atoms with E-state index in [1.54, 1.807) is 0 Å². The van der Waals surface area contributed by atoms with Gasteiger partial charge in [0.05, 0.1) is 18.8 Å². The van der Waals surface area contributed by atoms with E-state index in [1.165, 1.54) is 70.6 Å². The number of hydrogen-bond donors (Lipinski definition) is 2. The van der Waals surface area contributed by atoms with Crippen molar-refractivity contribution < 1.29 is 42.7 Å². The molecule has 0 saturated carbocycles. The Kier molecular flexibility index (Phi) is 26.0. The van der Waals surface area contributed by atoms with Crippen LogP contribution < -0.4 is 0 Å². The lowest BCUT2D eigenvalue weighted by molar-refractivity contribution is -0.161. The zero-order valence-corrected chi connectivity index (χ0v) is 29.6. The third-order valence-corrected chi connectivity index (χ3v) is 8.32. The van der Waals surface area contributed by atoms with E-state index >= 15 is 0 Å². The van der Waals surface area contributed by atoms with E-state index in [2.05, 4.69) is 48.8 Å². The van der Waals surface area contributed by atoms with Crippen LogP contribution in [0.2, 0.25) is 0 Å². The van der Waals surface area contributed by atoms with Crippen LogP contribution in [-0.4, -0.2) is 53.3 Å². The third kappa shape index (κ3) is 27.4. The molecular formula is C36H63O9P. The van der Waals surface area contributed by atoms with Crippen molar-refractivity contribution in [1.29, 1.82) is 0 Å². The first-order chi connectivity index (χ1) is 22.2. The first kappa shape index (κ1) is 42.3. The van der Waals surface area contributed by atoms with E-state index in [0.29, 0.717) is 31.5 Å². The summed E-state index contributed by atoms with van der Waals surface area (Å²) in [6, 6.07) is 0. The number of rotatable bonds is 31. The van der Waals surface area contributed by atoms with E-state index in [0.717, 1.165) is 32.1 Å². The Hall–Kier alpha value is -1.77. The molecule has 46 heavy (non-hydrogen) atoms. The van der Waals surface area contributed by atoms with Crippen LogP contribution in [-0.2, 0) is 32.9 Å². The maximum absolute atomic E-state index is 12.3. The SMILES string of the molecule is CCCCCCCCCCCCC(=O)OC[C@H](COP(=O)(O)O)OC(=O)CCC/C=C\C/C=C\C/C=C\CC1OC1CCCCC. The normalized spacial score (nSPS) is 17.3. The van der Waals surface area contributed by atoms with Gasteiger partial charge in [-0.1, -0.05) is 127 Å². The molecule has 1 saturated heterocycles. The minimum Gasteiger partial charge on any atom is -0.462 e. The number of phosphoric ester groups is 1.